The van der Waals surface area contributed by atoms with Crippen molar-refractivity contribution in [3.05, 3.63) is 65.7 Å². The van der Waals surface area contributed by atoms with E-state index in [1.54, 1.807) is 17.0 Å². The standard InChI is InChI=1S/C24H23F2N7O2/c25-20-14-32(12-17-6-7-19(30-21(17)26)16-4-2-1-3-5-16)11-9-24(20,8-10-27)33-13-18(22(28)35)23(31-33)29-15-34/h1-7,13,15,20H,8-9,11-12,14H2,(H2,28,35)(H,29,31,34). The first kappa shape index (κ1) is 24.0. The lowest BCUT2D eigenvalue weighted by molar-refractivity contribution is -0.105. The van der Waals surface area contributed by atoms with Crippen molar-refractivity contribution >= 4 is 18.1 Å². The molecule has 2 unspecified atom stereocenters. The third-order valence-electron chi connectivity index (χ3n) is 6.27. The predicted octanol–water partition coefficient (Wildman–Crippen LogP) is 2.60. The Kier molecular flexibility index (Phi) is 6.84. The number of alkyl halides is 1. The number of nitrogens with two attached hydrogens (primary N) is 1. The van der Waals surface area contributed by atoms with Crippen molar-refractivity contribution in [1.29, 1.82) is 5.26 Å². The first-order valence-electron chi connectivity index (χ1n) is 10.9. The number of rotatable bonds is 8. The average Bonchev–Trinajstić information content (AvgIpc) is 3.28. The van der Waals surface area contributed by atoms with Crippen LogP contribution in [-0.2, 0) is 16.9 Å². The molecule has 0 radical (unpaired) electrons. The van der Waals surface area contributed by atoms with Gasteiger partial charge in [-0.25, -0.2) is 9.37 Å². The molecular weight excluding hydrogens is 456 g/mol. The molecule has 4 rings (SSSR count). The Balaban J connectivity index is 1.54. The molecule has 1 aliphatic rings. The minimum Gasteiger partial charge on any atom is -0.365 e. The molecule has 180 valence electrons. The van der Waals surface area contributed by atoms with Gasteiger partial charge in [0.05, 0.1) is 18.2 Å². The molecule has 3 aromatic rings. The second-order valence-corrected chi connectivity index (χ2v) is 8.37. The van der Waals surface area contributed by atoms with Gasteiger partial charge in [-0.2, -0.15) is 14.8 Å². The number of nitrogens with zero attached hydrogens (tertiary/aromatic N) is 5. The third-order valence-corrected chi connectivity index (χ3v) is 6.27. The highest BCUT2D eigenvalue weighted by Gasteiger charge is 2.46. The maximum absolute atomic E-state index is 15.7. The molecule has 0 spiro atoms. The molecule has 1 aliphatic heterocycles. The summed E-state index contributed by atoms with van der Waals surface area (Å²) in [7, 11) is 0. The molecule has 3 heterocycles. The highest BCUT2D eigenvalue weighted by molar-refractivity contribution is 5.99. The molecular formula is C24H23F2N7O2. The Morgan fingerprint density at radius 2 is 2.09 bits per heavy atom. The van der Waals surface area contributed by atoms with Crippen LogP contribution in [0, 0.1) is 17.3 Å². The number of amides is 2. The van der Waals surface area contributed by atoms with Crippen molar-refractivity contribution < 1.29 is 18.4 Å². The van der Waals surface area contributed by atoms with Crippen molar-refractivity contribution in [3.8, 4) is 17.3 Å². The number of likely N-dealkylation sites (tertiary alicyclic amines) is 1. The van der Waals surface area contributed by atoms with Crippen LogP contribution in [0.2, 0.25) is 0 Å². The minimum absolute atomic E-state index is 0.0873. The molecule has 9 nitrogen and oxygen atoms in total. The van der Waals surface area contributed by atoms with Crippen LogP contribution >= 0.6 is 0 Å². The molecule has 2 aromatic heterocycles. The molecule has 1 fully saturated rings. The average molecular weight is 479 g/mol. The lowest BCUT2D eigenvalue weighted by Gasteiger charge is -2.43. The van der Waals surface area contributed by atoms with E-state index in [1.165, 1.54) is 10.9 Å². The molecule has 2 atom stereocenters. The summed E-state index contributed by atoms with van der Waals surface area (Å²) in [5.41, 5.74) is 5.52. The molecule has 2 amide bonds. The minimum atomic E-state index is -1.57. The van der Waals surface area contributed by atoms with Gasteiger partial charge in [0.1, 0.15) is 17.3 Å². The molecule has 1 aromatic carbocycles. The van der Waals surface area contributed by atoms with Crippen LogP contribution in [0.5, 0.6) is 0 Å². The van der Waals surface area contributed by atoms with E-state index < -0.39 is 23.6 Å². The molecule has 0 aliphatic carbocycles. The number of benzene rings is 1. The fourth-order valence-corrected chi connectivity index (χ4v) is 4.35. The van der Waals surface area contributed by atoms with E-state index in [0.717, 1.165) is 5.56 Å². The summed E-state index contributed by atoms with van der Waals surface area (Å²) in [5, 5.41) is 15.8. The molecule has 35 heavy (non-hydrogen) atoms. The van der Waals surface area contributed by atoms with Crippen LogP contribution in [0.25, 0.3) is 11.3 Å². The van der Waals surface area contributed by atoms with Crippen LogP contribution in [0.3, 0.4) is 0 Å². The van der Waals surface area contributed by atoms with Crippen LogP contribution in [0.1, 0.15) is 28.8 Å². The second kappa shape index (κ2) is 9.99. The third kappa shape index (κ3) is 4.74. The van der Waals surface area contributed by atoms with E-state index in [0.29, 0.717) is 24.2 Å². The first-order chi connectivity index (χ1) is 16.9. The fraction of sp³-hybridized carbons (Fsp3) is 0.292. The number of halogens is 2. The van der Waals surface area contributed by atoms with Gasteiger partial charge in [0.2, 0.25) is 12.4 Å². The zero-order valence-corrected chi connectivity index (χ0v) is 18.7. The summed E-state index contributed by atoms with van der Waals surface area (Å²) >= 11 is 0. The number of primary amides is 1. The summed E-state index contributed by atoms with van der Waals surface area (Å²) in [6.45, 7) is 0.383. The monoisotopic (exact) mass is 479 g/mol. The normalized spacial score (nSPS) is 20.2. The van der Waals surface area contributed by atoms with Gasteiger partial charge in [0, 0.05) is 37.0 Å². The number of nitriles is 1. The van der Waals surface area contributed by atoms with Gasteiger partial charge in [-0.1, -0.05) is 36.4 Å². The lowest BCUT2D eigenvalue weighted by atomic mass is 9.83. The van der Waals surface area contributed by atoms with Crippen molar-refractivity contribution in [2.75, 3.05) is 18.4 Å². The van der Waals surface area contributed by atoms with Crippen LogP contribution < -0.4 is 11.1 Å². The Hall–Kier alpha value is -4.17. The Bertz CT molecular complexity index is 1270. The summed E-state index contributed by atoms with van der Waals surface area (Å²) < 4.78 is 31.6. The number of aromatic nitrogens is 3. The highest BCUT2D eigenvalue weighted by Crippen LogP contribution is 2.37. The Morgan fingerprint density at radius 3 is 2.71 bits per heavy atom. The van der Waals surface area contributed by atoms with E-state index >= 15 is 4.39 Å². The lowest BCUT2D eigenvalue weighted by Crippen LogP contribution is -2.54. The van der Waals surface area contributed by atoms with Gasteiger partial charge in [-0.05, 0) is 12.5 Å². The van der Waals surface area contributed by atoms with Gasteiger partial charge in [0.25, 0.3) is 5.91 Å². The maximum Gasteiger partial charge on any atom is 0.254 e. The topological polar surface area (TPSA) is 130 Å². The number of piperidine rings is 1. The fourth-order valence-electron chi connectivity index (χ4n) is 4.35. The summed E-state index contributed by atoms with van der Waals surface area (Å²) in [6, 6.07) is 14.6. The SMILES string of the molecule is N#CCC1(n2cc(C(N)=O)c(NC=O)n2)CCN(Cc2ccc(-c3ccccc3)nc2F)CC1F. The van der Waals surface area contributed by atoms with Gasteiger partial charge in [-0.3, -0.25) is 19.2 Å². The second-order valence-electron chi connectivity index (χ2n) is 8.37. The van der Waals surface area contributed by atoms with Gasteiger partial charge in [0.15, 0.2) is 5.82 Å². The van der Waals surface area contributed by atoms with Gasteiger partial charge in [-0.15, -0.1) is 0 Å². The number of hydrogen-bond acceptors (Lipinski definition) is 6. The van der Waals surface area contributed by atoms with Crippen LogP contribution in [0.4, 0.5) is 14.6 Å². The molecule has 0 bridgehead atoms. The quantitative estimate of drug-likeness (QED) is 0.377. The van der Waals surface area contributed by atoms with E-state index in [-0.39, 0.29) is 37.3 Å². The largest absolute Gasteiger partial charge is 0.365 e. The van der Waals surface area contributed by atoms with Gasteiger partial charge < -0.3 is 11.1 Å². The van der Waals surface area contributed by atoms with Crippen molar-refractivity contribution in [2.24, 2.45) is 5.73 Å². The van der Waals surface area contributed by atoms with E-state index in [9.17, 15) is 19.2 Å². The summed E-state index contributed by atoms with van der Waals surface area (Å²) in [6.07, 6.45) is -0.0412. The molecule has 11 heteroatoms. The summed E-state index contributed by atoms with van der Waals surface area (Å²) in [5.74, 6) is -1.58. The smallest absolute Gasteiger partial charge is 0.254 e. The molecule has 1 saturated heterocycles. The number of anilines is 1. The van der Waals surface area contributed by atoms with Gasteiger partial charge >= 0.3 is 0 Å². The van der Waals surface area contributed by atoms with Crippen molar-refractivity contribution in [1.82, 2.24) is 19.7 Å². The van der Waals surface area contributed by atoms with E-state index in [2.05, 4.69) is 15.4 Å². The molecule has 3 N–H and O–H groups in total. The number of pyridine rings is 1. The molecule has 0 saturated carbocycles. The van der Waals surface area contributed by atoms with E-state index in [1.807, 2.05) is 36.4 Å². The zero-order chi connectivity index (χ0) is 25.0. The number of carbonyl (C=O) groups is 2. The number of nitrogens with one attached hydrogen (secondary N) is 1. The first-order valence-corrected chi connectivity index (χ1v) is 10.9. The van der Waals surface area contributed by atoms with Crippen molar-refractivity contribution in [3.63, 3.8) is 0 Å². The number of carbonyl (C=O) groups excluding carboxylic acids is 2. The zero-order valence-electron chi connectivity index (χ0n) is 18.7. The Morgan fingerprint density at radius 1 is 1.31 bits per heavy atom. The van der Waals surface area contributed by atoms with Crippen molar-refractivity contribution in [2.45, 2.75) is 31.1 Å². The summed E-state index contributed by atoms with van der Waals surface area (Å²) in [4.78, 5) is 28.4. The highest BCUT2D eigenvalue weighted by atomic mass is 19.1. The Labute approximate surface area is 200 Å². The van der Waals surface area contributed by atoms with Crippen LogP contribution in [-0.4, -0.2) is 51.2 Å². The predicted molar refractivity (Wildman–Crippen MR) is 123 cm³/mol. The van der Waals surface area contributed by atoms with E-state index in [4.69, 9.17) is 5.73 Å². The maximum atomic E-state index is 15.7. The van der Waals surface area contributed by atoms with Crippen LogP contribution in [0.15, 0.2) is 48.7 Å². The number of hydrogen-bond donors (Lipinski definition) is 2.